The molecule has 0 atom stereocenters. The zero-order chi connectivity index (χ0) is 20.2. The number of benzene rings is 2. The van der Waals surface area contributed by atoms with Crippen LogP contribution in [0.15, 0.2) is 42.5 Å². The molecule has 0 unspecified atom stereocenters. The smallest absolute Gasteiger partial charge is 0.152 e. The zero-order valence-corrected chi connectivity index (χ0v) is 17.2. The summed E-state index contributed by atoms with van der Waals surface area (Å²) >= 11 is 5.98. The highest BCUT2D eigenvalue weighted by Crippen LogP contribution is 2.36. The van der Waals surface area contributed by atoms with Gasteiger partial charge in [0.1, 0.15) is 5.75 Å². The summed E-state index contributed by atoms with van der Waals surface area (Å²) in [4.78, 5) is 9.71. The molecule has 1 aliphatic rings. The summed E-state index contributed by atoms with van der Waals surface area (Å²) in [6, 6.07) is 14.1. The Balaban J connectivity index is 1.71. The Morgan fingerprint density at radius 2 is 1.79 bits per heavy atom. The van der Waals surface area contributed by atoms with Crippen molar-refractivity contribution in [3.05, 3.63) is 64.6 Å². The normalized spacial score (nSPS) is 19.7. The number of methoxy groups -OCH3 is 1. The lowest BCUT2D eigenvalue weighted by Gasteiger charge is -2.28. The molecule has 1 fully saturated rings. The van der Waals surface area contributed by atoms with E-state index in [4.69, 9.17) is 32.1 Å². The van der Waals surface area contributed by atoms with Gasteiger partial charge in [-0.1, -0.05) is 29.8 Å². The number of nitrogens with two attached hydrogens (primary N) is 1. The molecule has 6 heteroatoms. The fraction of sp³-hybridized carbons (Fsp3) is 0.304. The second kappa shape index (κ2) is 8.91. The lowest BCUT2D eigenvalue weighted by Crippen LogP contribution is -2.37. The van der Waals surface area contributed by atoms with Crippen molar-refractivity contribution in [3.63, 3.8) is 0 Å². The molecular weight excluding hydrogens is 384 g/mol. The Labute approximate surface area is 175 Å². The standard InChI is InChI=1S/C23H25ClN4O/c1-29-19-11-12-21-20(14-19)23(16-5-9-18(28-25)10-6-16)27-22(26-21)13-4-15-2-7-17(24)8-3-15/h2-4,7-8,11-14,16,18,28H,5-6,9-10,25H2,1H3. The van der Waals surface area contributed by atoms with E-state index in [1.165, 1.54) is 0 Å². The Kier molecular flexibility index (Phi) is 6.09. The van der Waals surface area contributed by atoms with Crippen LogP contribution in [0.1, 0.15) is 48.7 Å². The Morgan fingerprint density at radius 3 is 2.48 bits per heavy atom. The van der Waals surface area contributed by atoms with Crippen LogP contribution in [0.25, 0.3) is 23.1 Å². The first-order valence-electron chi connectivity index (χ1n) is 9.91. The molecule has 29 heavy (non-hydrogen) atoms. The fourth-order valence-electron chi connectivity index (χ4n) is 3.94. The third kappa shape index (κ3) is 4.58. The van der Waals surface area contributed by atoms with Gasteiger partial charge >= 0.3 is 0 Å². The summed E-state index contributed by atoms with van der Waals surface area (Å²) in [6.45, 7) is 0. The van der Waals surface area contributed by atoms with E-state index < -0.39 is 0 Å². The number of halogens is 1. The maximum atomic E-state index is 5.98. The average molecular weight is 409 g/mol. The number of rotatable bonds is 5. The molecule has 3 N–H and O–H groups in total. The summed E-state index contributed by atoms with van der Waals surface area (Å²) in [5, 5.41) is 1.79. The first-order valence-corrected chi connectivity index (χ1v) is 10.3. The molecule has 0 amide bonds. The van der Waals surface area contributed by atoms with Gasteiger partial charge in [0.15, 0.2) is 5.82 Å². The van der Waals surface area contributed by atoms with Crippen LogP contribution >= 0.6 is 11.6 Å². The highest BCUT2D eigenvalue weighted by molar-refractivity contribution is 6.30. The monoisotopic (exact) mass is 408 g/mol. The van der Waals surface area contributed by atoms with Crippen molar-refractivity contribution < 1.29 is 4.74 Å². The largest absolute Gasteiger partial charge is 0.497 e. The molecule has 4 rings (SSSR count). The van der Waals surface area contributed by atoms with E-state index in [9.17, 15) is 0 Å². The molecular formula is C23H25ClN4O. The Bertz CT molecular complexity index is 1010. The van der Waals surface area contributed by atoms with Crippen LogP contribution in [-0.2, 0) is 0 Å². The van der Waals surface area contributed by atoms with Crippen molar-refractivity contribution in [1.29, 1.82) is 0 Å². The van der Waals surface area contributed by atoms with Crippen molar-refractivity contribution >= 4 is 34.7 Å². The first kappa shape index (κ1) is 19.8. The molecule has 0 aliphatic heterocycles. The molecule has 0 bridgehead atoms. The van der Waals surface area contributed by atoms with Gasteiger partial charge in [0, 0.05) is 22.4 Å². The first-order chi connectivity index (χ1) is 14.2. The third-order valence-electron chi connectivity index (χ3n) is 5.59. The number of fused-ring (bicyclic) bond motifs is 1. The number of ether oxygens (including phenoxy) is 1. The minimum absolute atomic E-state index is 0.387. The second-order valence-electron chi connectivity index (χ2n) is 7.45. The van der Waals surface area contributed by atoms with Crippen LogP contribution in [0.2, 0.25) is 5.02 Å². The fourth-order valence-corrected chi connectivity index (χ4v) is 4.07. The summed E-state index contributed by atoms with van der Waals surface area (Å²) in [6.07, 6.45) is 8.18. The Morgan fingerprint density at radius 1 is 1.03 bits per heavy atom. The molecule has 0 spiro atoms. The number of hydrogen-bond acceptors (Lipinski definition) is 5. The zero-order valence-electron chi connectivity index (χ0n) is 16.4. The van der Waals surface area contributed by atoms with E-state index >= 15 is 0 Å². The van der Waals surface area contributed by atoms with Crippen LogP contribution < -0.4 is 16.0 Å². The van der Waals surface area contributed by atoms with Gasteiger partial charge in [-0.3, -0.25) is 11.3 Å². The van der Waals surface area contributed by atoms with Crippen LogP contribution in [-0.4, -0.2) is 23.1 Å². The van der Waals surface area contributed by atoms with Gasteiger partial charge in [-0.25, -0.2) is 9.97 Å². The maximum absolute atomic E-state index is 5.98. The summed E-state index contributed by atoms with van der Waals surface area (Å²) in [5.41, 5.74) is 6.00. The minimum atomic E-state index is 0.387. The molecule has 3 aromatic rings. The van der Waals surface area contributed by atoms with E-state index in [1.807, 2.05) is 54.6 Å². The molecule has 1 saturated carbocycles. The van der Waals surface area contributed by atoms with Crippen LogP contribution in [0.5, 0.6) is 5.75 Å². The van der Waals surface area contributed by atoms with E-state index in [2.05, 4.69) is 5.43 Å². The molecule has 2 aromatic carbocycles. The molecule has 1 aliphatic carbocycles. The van der Waals surface area contributed by atoms with Crippen molar-refractivity contribution in [3.8, 4) is 5.75 Å². The van der Waals surface area contributed by atoms with E-state index in [0.29, 0.717) is 17.8 Å². The molecule has 0 radical (unpaired) electrons. The minimum Gasteiger partial charge on any atom is -0.497 e. The second-order valence-corrected chi connectivity index (χ2v) is 7.89. The van der Waals surface area contributed by atoms with Crippen molar-refractivity contribution in [2.75, 3.05) is 7.11 Å². The maximum Gasteiger partial charge on any atom is 0.152 e. The third-order valence-corrected chi connectivity index (χ3v) is 5.85. The molecule has 5 nitrogen and oxygen atoms in total. The topological polar surface area (TPSA) is 73.1 Å². The molecule has 150 valence electrons. The van der Waals surface area contributed by atoms with Crippen molar-refractivity contribution in [1.82, 2.24) is 15.4 Å². The van der Waals surface area contributed by atoms with Gasteiger partial charge in [-0.15, -0.1) is 0 Å². The predicted octanol–water partition coefficient (Wildman–Crippen LogP) is 4.95. The number of aromatic nitrogens is 2. The average Bonchev–Trinajstić information content (AvgIpc) is 2.78. The number of nitrogens with one attached hydrogen (secondary N) is 1. The number of hydrazine groups is 1. The SMILES string of the molecule is COc1ccc2nc(C=Cc3ccc(Cl)cc3)nc(C3CCC(NN)CC3)c2c1. The number of hydrogen-bond donors (Lipinski definition) is 2. The van der Waals surface area contributed by atoms with Gasteiger partial charge in [-0.2, -0.15) is 0 Å². The van der Waals surface area contributed by atoms with Gasteiger partial charge in [-0.05, 0) is 67.7 Å². The summed E-state index contributed by atoms with van der Waals surface area (Å²) < 4.78 is 5.44. The quantitative estimate of drug-likeness (QED) is 0.461. The van der Waals surface area contributed by atoms with Gasteiger partial charge < -0.3 is 4.74 Å². The van der Waals surface area contributed by atoms with Crippen LogP contribution in [0.3, 0.4) is 0 Å². The van der Waals surface area contributed by atoms with E-state index in [0.717, 1.165) is 58.6 Å². The Hall–Kier alpha value is -2.47. The van der Waals surface area contributed by atoms with Crippen molar-refractivity contribution in [2.24, 2.45) is 5.84 Å². The number of nitrogens with zero attached hydrogens (tertiary/aromatic N) is 2. The van der Waals surface area contributed by atoms with Gasteiger partial charge in [0.25, 0.3) is 0 Å². The van der Waals surface area contributed by atoms with Crippen molar-refractivity contribution in [2.45, 2.75) is 37.6 Å². The van der Waals surface area contributed by atoms with E-state index in [-0.39, 0.29) is 0 Å². The van der Waals surface area contributed by atoms with Gasteiger partial charge in [0.2, 0.25) is 0 Å². The van der Waals surface area contributed by atoms with Crippen LogP contribution in [0, 0.1) is 0 Å². The summed E-state index contributed by atoms with van der Waals surface area (Å²) in [5.74, 6) is 7.56. The highest BCUT2D eigenvalue weighted by Gasteiger charge is 2.25. The summed E-state index contributed by atoms with van der Waals surface area (Å²) in [7, 11) is 1.68. The van der Waals surface area contributed by atoms with Gasteiger partial charge in [0.05, 0.1) is 18.3 Å². The molecule has 1 heterocycles. The lowest BCUT2D eigenvalue weighted by atomic mass is 9.83. The van der Waals surface area contributed by atoms with E-state index in [1.54, 1.807) is 7.11 Å². The van der Waals surface area contributed by atoms with Crippen LogP contribution in [0.4, 0.5) is 0 Å². The molecule has 1 aromatic heterocycles. The predicted molar refractivity (Wildman–Crippen MR) is 119 cm³/mol. The highest BCUT2D eigenvalue weighted by atomic mass is 35.5. The molecule has 0 saturated heterocycles. The lowest BCUT2D eigenvalue weighted by molar-refractivity contribution is 0.344.